The van der Waals surface area contributed by atoms with Gasteiger partial charge in [-0.25, -0.2) is 0 Å². The van der Waals surface area contributed by atoms with Gasteiger partial charge in [-0.15, -0.1) is 0 Å². The van der Waals surface area contributed by atoms with Gasteiger partial charge in [0.05, 0.1) is 11.9 Å². The highest BCUT2D eigenvalue weighted by atomic mass is 19.4. The molecular formula is C11H15F3N4O. The number of aromatic nitrogens is 2. The highest BCUT2D eigenvalue weighted by Gasteiger charge is 2.46. The van der Waals surface area contributed by atoms with Gasteiger partial charge in [0.25, 0.3) is 0 Å². The largest absolute Gasteiger partial charge is 0.471 e. The average molecular weight is 276 g/mol. The van der Waals surface area contributed by atoms with Crippen molar-refractivity contribution in [1.29, 1.82) is 0 Å². The molecule has 19 heavy (non-hydrogen) atoms. The van der Waals surface area contributed by atoms with Gasteiger partial charge < -0.3 is 5.73 Å². The Balaban J connectivity index is 2.31. The van der Waals surface area contributed by atoms with E-state index in [0.717, 1.165) is 4.90 Å². The molecule has 0 saturated heterocycles. The Morgan fingerprint density at radius 2 is 2.21 bits per heavy atom. The summed E-state index contributed by atoms with van der Waals surface area (Å²) in [6.45, 7) is 0. The maximum Gasteiger partial charge on any atom is 0.471 e. The summed E-state index contributed by atoms with van der Waals surface area (Å²) in [5.41, 5.74) is 5.87. The Bertz CT molecular complexity index is 471. The van der Waals surface area contributed by atoms with Crippen LogP contribution in [-0.2, 0) is 11.8 Å². The van der Waals surface area contributed by atoms with Crippen molar-refractivity contribution in [3.8, 4) is 0 Å². The second kappa shape index (κ2) is 4.84. The van der Waals surface area contributed by atoms with E-state index in [-0.39, 0.29) is 11.7 Å². The summed E-state index contributed by atoms with van der Waals surface area (Å²) >= 11 is 0. The van der Waals surface area contributed by atoms with Crippen LogP contribution >= 0.6 is 0 Å². The van der Waals surface area contributed by atoms with Crippen LogP contribution in [0.3, 0.4) is 0 Å². The second-order valence-corrected chi connectivity index (χ2v) is 4.77. The van der Waals surface area contributed by atoms with Crippen molar-refractivity contribution < 1.29 is 18.0 Å². The minimum absolute atomic E-state index is 0.156. The van der Waals surface area contributed by atoms with Crippen molar-refractivity contribution in [2.45, 2.75) is 37.5 Å². The van der Waals surface area contributed by atoms with E-state index < -0.39 is 18.1 Å². The second-order valence-electron chi connectivity index (χ2n) is 4.77. The molecule has 1 saturated carbocycles. The van der Waals surface area contributed by atoms with Crippen molar-refractivity contribution >= 4 is 11.6 Å². The van der Waals surface area contributed by atoms with Gasteiger partial charge in [0.15, 0.2) is 0 Å². The number of rotatable bonds is 2. The van der Waals surface area contributed by atoms with Crippen LogP contribution in [0.2, 0.25) is 0 Å². The lowest BCUT2D eigenvalue weighted by Gasteiger charge is -2.28. The number of hydrogen-bond donors (Lipinski definition) is 1. The van der Waals surface area contributed by atoms with Crippen molar-refractivity contribution in [1.82, 2.24) is 9.78 Å². The Morgan fingerprint density at radius 1 is 1.53 bits per heavy atom. The summed E-state index contributed by atoms with van der Waals surface area (Å²) in [7, 11) is 1.58. The standard InChI is InChI=1S/C11H15F3N4O/c1-17-6-9(5-16-17)18(10(19)11(12,13)14)8-3-2-7(15)4-8/h5-8H,2-4,15H2,1H3. The molecule has 0 radical (unpaired) electrons. The topological polar surface area (TPSA) is 64.2 Å². The van der Waals surface area contributed by atoms with Gasteiger partial charge >= 0.3 is 12.1 Å². The maximum absolute atomic E-state index is 12.7. The zero-order valence-electron chi connectivity index (χ0n) is 10.4. The number of halogens is 3. The number of carbonyl (C=O) groups excluding carboxylic acids is 1. The molecule has 106 valence electrons. The molecule has 0 aromatic carbocycles. The monoisotopic (exact) mass is 276 g/mol. The maximum atomic E-state index is 12.7. The predicted octanol–water partition coefficient (Wildman–Crippen LogP) is 1.20. The average Bonchev–Trinajstić information content (AvgIpc) is 2.88. The molecule has 1 heterocycles. The minimum atomic E-state index is -4.90. The van der Waals surface area contributed by atoms with Gasteiger partial charge in [0.2, 0.25) is 0 Å². The SMILES string of the molecule is Cn1cc(N(C(=O)C(F)(F)F)C2CCC(N)C2)cn1. The summed E-state index contributed by atoms with van der Waals surface area (Å²) in [5.74, 6) is -1.86. The van der Waals surface area contributed by atoms with E-state index in [4.69, 9.17) is 5.73 Å². The molecule has 2 unspecified atom stereocenters. The van der Waals surface area contributed by atoms with Crippen molar-refractivity contribution in [3.63, 3.8) is 0 Å². The van der Waals surface area contributed by atoms with E-state index in [0.29, 0.717) is 19.3 Å². The van der Waals surface area contributed by atoms with E-state index >= 15 is 0 Å². The van der Waals surface area contributed by atoms with E-state index in [1.54, 1.807) is 7.05 Å². The fourth-order valence-electron chi connectivity index (χ4n) is 2.39. The van der Waals surface area contributed by atoms with Gasteiger partial charge in [-0.05, 0) is 19.3 Å². The first-order chi connectivity index (χ1) is 8.79. The van der Waals surface area contributed by atoms with Gasteiger partial charge in [0, 0.05) is 25.3 Å². The quantitative estimate of drug-likeness (QED) is 0.882. The Morgan fingerprint density at radius 3 is 2.63 bits per heavy atom. The van der Waals surface area contributed by atoms with Crippen LogP contribution in [0.25, 0.3) is 0 Å². The zero-order valence-corrected chi connectivity index (χ0v) is 10.4. The molecule has 5 nitrogen and oxygen atoms in total. The summed E-state index contributed by atoms with van der Waals surface area (Å²) in [5, 5.41) is 3.82. The lowest BCUT2D eigenvalue weighted by atomic mass is 10.2. The Kier molecular flexibility index (Phi) is 3.53. The number of alkyl halides is 3. The molecule has 2 N–H and O–H groups in total. The number of anilines is 1. The summed E-state index contributed by atoms with van der Waals surface area (Å²) < 4.78 is 39.4. The van der Waals surface area contributed by atoms with Gasteiger partial charge in [0.1, 0.15) is 0 Å². The summed E-state index contributed by atoms with van der Waals surface area (Å²) in [4.78, 5) is 12.4. The van der Waals surface area contributed by atoms with E-state index in [1.807, 2.05) is 0 Å². The fourth-order valence-corrected chi connectivity index (χ4v) is 2.39. The van der Waals surface area contributed by atoms with Crippen LogP contribution in [-0.4, -0.2) is 33.9 Å². The molecule has 8 heteroatoms. The van der Waals surface area contributed by atoms with Crippen LogP contribution in [0.15, 0.2) is 12.4 Å². The van der Waals surface area contributed by atoms with Gasteiger partial charge in [-0.2, -0.15) is 18.3 Å². The Labute approximate surface area is 108 Å². The number of hydrogen-bond acceptors (Lipinski definition) is 3. The Hall–Kier alpha value is -1.57. The summed E-state index contributed by atoms with van der Waals surface area (Å²) in [6, 6.07) is -0.682. The van der Waals surface area contributed by atoms with Crippen LogP contribution < -0.4 is 10.6 Å². The summed E-state index contributed by atoms with van der Waals surface area (Å²) in [6.07, 6.45) is -0.787. The molecule has 1 aliphatic rings. The zero-order chi connectivity index (χ0) is 14.2. The van der Waals surface area contributed by atoms with Crippen LogP contribution in [0.4, 0.5) is 18.9 Å². The molecule has 0 bridgehead atoms. The van der Waals surface area contributed by atoms with Gasteiger partial charge in [-0.3, -0.25) is 14.4 Å². The number of nitrogens with zero attached hydrogens (tertiary/aromatic N) is 3. The van der Waals surface area contributed by atoms with Crippen LogP contribution in [0.5, 0.6) is 0 Å². The molecule has 1 amide bonds. The molecule has 1 aromatic rings. The molecular weight excluding hydrogens is 261 g/mol. The molecule has 0 spiro atoms. The molecule has 2 rings (SSSR count). The van der Waals surface area contributed by atoms with Crippen LogP contribution in [0, 0.1) is 0 Å². The third-order valence-electron chi connectivity index (χ3n) is 3.24. The number of carbonyl (C=O) groups is 1. The highest BCUT2D eigenvalue weighted by Crippen LogP contribution is 2.31. The molecule has 1 fully saturated rings. The first-order valence-electron chi connectivity index (χ1n) is 5.93. The normalized spacial score (nSPS) is 23.6. The minimum Gasteiger partial charge on any atom is -0.328 e. The predicted molar refractivity (Wildman–Crippen MR) is 62.4 cm³/mol. The molecule has 0 aliphatic heterocycles. The number of amides is 1. The third kappa shape index (κ3) is 2.89. The molecule has 1 aliphatic carbocycles. The first kappa shape index (κ1) is 13.9. The van der Waals surface area contributed by atoms with Crippen molar-refractivity contribution in [2.24, 2.45) is 12.8 Å². The smallest absolute Gasteiger partial charge is 0.328 e. The first-order valence-corrected chi connectivity index (χ1v) is 5.93. The highest BCUT2D eigenvalue weighted by molar-refractivity contribution is 5.97. The van der Waals surface area contributed by atoms with E-state index in [1.165, 1.54) is 17.1 Å². The van der Waals surface area contributed by atoms with E-state index in [2.05, 4.69) is 5.10 Å². The lowest BCUT2D eigenvalue weighted by Crippen LogP contribution is -2.46. The fraction of sp³-hybridized carbons (Fsp3) is 0.636. The third-order valence-corrected chi connectivity index (χ3v) is 3.24. The number of aryl methyl sites for hydroxylation is 1. The van der Waals surface area contributed by atoms with Crippen LogP contribution in [0.1, 0.15) is 19.3 Å². The molecule has 1 aromatic heterocycles. The van der Waals surface area contributed by atoms with Crippen molar-refractivity contribution in [3.05, 3.63) is 12.4 Å². The molecule has 2 atom stereocenters. The van der Waals surface area contributed by atoms with Crippen molar-refractivity contribution in [2.75, 3.05) is 4.90 Å². The number of nitrogens with two attached hydrogens (primary N) is 1. The van der Waals surface area contributed by atoms with Gasteiger partial charge in [-0.1, -0.05) is 0 Å². The van der Waals surface area contributed by atoms with E-state index in [9.17, 15) is 18.0 Å². The lowest BCUT2D eigenvalue weighted by molar-refractivity contribution is -0.171.